The molecule has 5 nitrogen and oxygen atoms in total. The highest BCUT2D eigenvalue weighted by atomic mass is 32.1. The van der Waals surface area contributed by atoms with Gasteiger partial charge in [0.2, 0.25) is 5.12 Å². The first-order valence-corrected chi connectivity index (χ1v) is 11.8. The van der Waals surface area contributed by atoms with Gasteiger partial charge in [0.25, 0.3) is 0 Å². The average Bonchev–Trinajstić information content (AvgIpc) is 2.93. The highest BCUT2D eigenvalue weighted by molar-refractivity contribution is 7.96. The molecule has 0 heterocycles. The zero-order valence-electron chi connectivity index (χ0n) is 18.8. The molecule has 3 fully saturated rings. The minimum atomic E-state index is -2.20. The smallest absolute Gasteiger partial charge is 0.306 e. The van der Waals surface area contributed by atoms with E-state index in [0.717, 1.165) is 0 Å². The van der Waals surface area contributed by atoms with Crippen molar-refractivity contribution in [1.29, 1.82) is 0 Å². The summed E-state index contributed by atoms with van der Waals surface area (Å²) in [5.41, 5.74) is -6.22. The lowest BCUT2D eigenvalue weighted by atomic mass is 9.44. The summed E-state index contributed by atoms with van der Waals surface area (Å²) in [6.45, 7) is 6.70. The Balaban J connectivity index is 1.86. The van der Waals surface area contributed by atoms with E-state index in [9.17, 15) is 19.8 Å². The van der Waals surface area contributed by atoms with Gasteiger partial charge in [-0.2, -0.15) is 0 Å². The number of esters is 1. The minimum Gasteiger partial charge on any atom is -0.449 e. The van der Waals surface area contributed by atoms with Crippen molar-refractivity contribution >= 4 is 23.7 Å². The van der Waals surface area contributed by atoms with E-state index in [1.165, 1.54) is 18.2 Å². The molecule has 0 aromatic carbocycles. The predicted molar refractivity (Wildman–Crippen MR) is 117 cm³/mol. The second kappa shape index (κ2) is 7.37. The number of halogens is 2. The molecule has 0 spiro atoms. The molecule has 4 rings (SSSR count). The van der Waals surface area contributed by atoms with Crippen LogP contribution in [0.25, 0.3) is 0 Å². The Hall–Kier alpha value is -1.25. The minimum absolute atomic E-state index is 0.0568. The Morgan fingerprint density at radius 1 is 1.25 bits per heavy atom. The van der Waals surface area contributed by atoms with Gasteiger partial charge >= 0.3 is 5.97 Å². The molecule has 0 radical (unpaired) electrons. The molecule has 3 saturated carbocycles. The lowest BCUT2D eigenvalue weighted by Gasteiger charge is -2.63. The molecule has 2 N–H and O–H groups in total. The molecule has 32 heavy (non-hydrogen) atoms. The molecule has 178 valence electrons. The molecular weight excluding hydrogens is 438 g/mol. The molecular formula is C24H32F2O5S. The number of thiol groups is 1. The van der Waals surface area contributed by atoms with Gasteiger partial charge < -0.3 is 14.9 Å². The van der Waals surface area contributed by atoms with Crippen molar-refractivity contribution in [2.45, 2.75) is 83.0 Å². The number of allylic oxidation sites excluding steroid dienone is 2. The SMILES string of the molecule is CCC(=O)O[C@]1(C(=O)S)[C@H](C)C[C@H]2[C@@H]3C[C@H](F)C4=CC(O)C=C[C@]4(C)[C@@]3(F)[C@@H](O)C[C@@]21C. The maximum atomic E-state index is 17.1. The van der Waals surface area contributed by atoms with E-state index in [4.69, 9.17) is 4.74 Å². The zero-order chi connectivity index (χ0) is 23.9. The highest BCUT2D eigenvalue weighted by Gasteiger charge is 2.77. The van der Waals surface area contributed by atoms with Gasteiger partial charge in [-0.25, -0.2) is 8.78 Å². The molecule has 4 aliphatic carbocycles. The molecule has 0 aliphatic heterocycles. The van der Waals surface area contributed by atoms with Gasteiger partial charge in [0.05, 0.1) is 12.2 Å². The van der Waals surface area contributed by atoms with Crippen LogP contribution in [0, 0.1) is 28.6 Å². The molecule has 0 bridgehead atoms. The van der Waals surface area contributed by atoms with E-state index in [-0.39, 0.29) is 24.8 Å². The van der Waals surface area contributed by atoms with Crippen molar-refractivity contribution in [3.8, 4) is 0 Å². The first-order chi connectivity index (χ1) is 14.8. The summed E-state index contributed by atoms with van der Waals surface area (Å²) >= 11 is 4.10. The van der Waals surface area contributed by atoms with E-state index in [2.05, 4.69) is 12.6 Å². The number of aliphatic hydroxyl groups is 2. The molecule has 0 aromatic heterocycles. The number of rotatable bonds is 3. The van der Waals surface area contributed by atoms with Crippen molar-refractivity contribution in [2.75, 3.05) is 0 Å². The third kappa shape index (κ3) is 2.69. The van der Waals surface area contributed by atoms with E-state index >= 15 is 8.78 Å². The lowest BCUT2D eigenvalue weighted by molar-refractivity contribution is -0.228. The van der Waals surface area contributed by atoms with E-state index in [1.54, 1.807) is 27.7 Å². The van der Waals surface area contributed by atoms with Crippen LogP contribution in [0.4, 0.5) is 8.78 Å². The molecule has 10 atom stereocenters. The summed E-state index contributed by atoms with van der Waals surface area (Å²) in [5.74, 6) is -2.46. The Morgan fingerprint density at radius 3 is 2.50 bits per heavy atom. The Bertz CT molecular complexity index is 907. The van der Waals surface area contributed by atoms with Gasteiger partial charge in [0, 0.05) is 29.1 Å². The number of hydrogen-bond donors (Lipinski definition) is 3. The van der Waals surface area contributed by atoms with Crippen LogP contribution < -0.4 is 0 Å². The third-order valence-electron chi connectivity index (χ3n) is 9.15. The quantitative estimate of drug-likeness (QED) is 0.334. The average molecular weight is 471 g/mol. The van der Waals surface area contributed by atoms with Gasteiger partial charge in [-0.15, -0.1) is 12.6 Å². The summed E-state index contributed by atoms with van der Waals surface area (Å²) in [6, 6.07) is 0. The van der Waals surface area contributed by atoms with Crippen LogP contribution in [0.15, 0.2) is 23.8 Å². The standard InChI is InChI=1S/C24H32F2O5S/c1-5-19(29)31-24(20(30)32)12(2)8-14-15-10-17(25)16-9-13(27)6-7-21(16,3)23(15,26)18(28)11-22(14,24)4/h6-7,9,12-15,17-18,27-28H,5,8,10-11H2,1-4H3,(H,30,32)/t12-,13?,14+,15+,17+,18+,21+,22+,23+,24+/m1/s1. The number of ether oxygens (including phenoxy) is 1. The van der Waals surface area contributed by atoms with Crippen LogP contribution in [0.3, 0.4) is 0 Å². The maximum Gasteiger partial charge on any atom is 0.306 e. The van der Waals surface area contributed by atoms with Gasteiger partial charge in [0.15, 0.2) is 11.3 Å². The van der Waals surface area contributed by atoms with Crippen molar-refractivity contribution in [1.82, 2.24) is 0 Å². The molecule has 0 aromatic rings. The van der Waals surface area contributed by atoms with E-state index in [1.807, 2.05) is 0 Å². The lowest BCUT2D eigenvalue weighted by Crippen LogP contribution is -2.70. The van der Waals surface area contributed by atoms with Crippen LogP contribution in [0.2, 0.25) is 0 Å². The van der Waals surface area contributed by atoms with Crippen LogP contribution in [-0.4, -0.2) is 50.9 Å². The molecule has 4 aliphatic rings. The fourth-order valence-electron chi connectivity index (χ4n) is 7.61. The van der Waals surface area contributed by atoms with Crippen LogP contribution in [0.1, 0.15) is 53.4 Å². The van der Waals surface area contributed by atoms with Gasteiger partial charge in [0.1, 0.15) is 6.17 Å². The van der Waals surface area contributed by atoms with Crippen LogP contribution >= 0.6 is 12.6 Å². The molecule has 1 unspecified atom stereocenters. The van der Waals surface area contributed by atoms with Crippen LogP contribution in [0.5, 0.6) is 0 Å². The largest absolute Gasteiger partial charge is 0.449 e. The monoisotopic (exact) mass is 470 g/mol. The second-order valence-electron chi connectivity index (χ2n) is 10.5. The summed E-state index contributed by atoms with van der Waals surface area (Å²) in [4.78, 5) is 25.3. The van der Waals surface area contributed by atoms with Crippen molar-refractivity contribution < 1.29 is 33.3 Å². The first kappa shape index (κ1) is 23.9. The van der Waals surface area contributed by atoms with Gasteiger partial charge in [-0.05, 0) is 43.8 Å². The summed E-state index contributed by atoms with van der Waals surface area (Å²) < 4.78 is 38.4. The summed E-state index contributed by atoms with van der Waals surface area (Å²) in [7, 11) is 0. The Labute approximate surface area is 192 Å². The van der Waals surface area contributed by atoms with Crippen molar-refractivity contribution in [3.05, 3.63) is 23.8 Å². The number of fused-ring (bicyclic) bond motifs is 5. The summed E-state index contributed by atoms with van der Waals surface area (Å²) in [5, 5.41) is 20.7. The van der Waals surface area contributed by atoms with Crippen LogP contribution in [-0.2, 0) is 14.3 Å². The number of alkyl halides is 2. The number of carbonyl (C=O) groups is 2. The fraction of sp³-hybridized carbons (Fsp3) is 0.750. The number of aliphatic hydroxyl groups excluding tert-OH is 2. The highest BCUT2D eigenvalue weighted by Crippen LogP contribution is 2.71. The Morgan fingerprint density at radius 2 is 1.91 bits per heavy atom. The maximum absolute atomic E-state index is 17.1. The number of carbonyl (C=O) groups excluding carboxylic acids is 2. The first-order valence-electron chi connectivity index (χ1n) is 11.4. The predicted octanol–water partition coefficient (Wildman–Crippen LogP) is 3.49. The van der Waals surface area contributed by atoms with Gasteiger partial charge in [-0.3, -0.25) is 9.59 Å². The zero-order valence-corrected chi connectivity index (χ0v) is 19.7. The number of hydrogen-bond acceptors (Lipinski definition) is 5. The molecule has 8 heteroatoms. The molecule has 0 saturated heterocycles. The van der Waals surface area contributed by atoms with Crippen molar-refractivity contribution in [3.63, 3.8) is 0 Å². The fourth-order valence-corrected chi connectivity index (χ4v) is 8.13. The Kier molecular flexibility index (Phi) is 5.51. The normalized spacial score (nSPS) is 51.8. The topological polar surface area (TPSA) is 83.8 Å². The molecule has 0 amide bonds. The van der Waals surface area contributed by atoms with E-state index in [0.29, 0.717) is 6.42 Å². The van der Waals surface area contributed by atoms with E-state index < -0.39 is 69.3 Å². The third-order valence-corrected chi connectivity index (χ3v) is 9.48. The van der Waals surface area contributed by atoms with Gasteiger partial charge in [-0.1, -0.05) is 32.9 Å². The summed E-state index contributed by atoms with van der Waals surface area (Å²) in [6.07, 6.45) is 0.285. The van der Waals surface area contributed by atoms with Crippen molar-refractivity contribution in [2.24, 2.45) is 28.6 Å². The second-order valence-corrected chi connectivity index (χ2v) is 10.9.